The molecule has 7 N–H and O–H groups in total. The summed E-state index contributed by atoms with van der Waals surface area (Å²) in [4.78, 5) is 74.3. The van der Waals surface area contributed by atoms with Crippen molar-refractivity contribution in [2.24, 2.45) is 17.8 Å². The summed E-state index contributed by atoms with van der Waals surface area (Å²) in [5.74, 6) is -8.26. The number of rotatable bonds is 18. The van der Waals surface area contributed by atoms with Crippen LogP contribution in [0.4, 0.5) is 26.3 Å². The van der Waals surface area contributed by atoms with Crippen molar-refractivity contribution in [2.75, 3.05) is 7.11 Å². The van der Waals surface area contributed by atoms with Gasteiger partial charge >= 0.3 is 18.3 Å². The number of methoxy groups -OCH3 is 1. The minimum Gasteiger partial charge on any atom is -0.469 e. The third-order valence-corrected chi connectivity index (χ3v) is 6.95. The van der Waals surface area contributed by atoms with Crippen LogP contribution in [0.1, 0.15) is 67.7 Å². The first-order valence-electron chi connectivity index (χ1n) is 15.3. The van der Waals surface area contributed by atoms with Crippen molar-refractivity contribution in [3.63, 3.8) is 0 Å². The number of nitrogens with one attached hydrogen (secondary N) is 5. The number of esters is 1. The Morgan fingerprint density at radius 2 is 0.959 bits per heavy atom. The summed E-state index contributed by atoms with van der Waals surface area (Å²) < 4.78 is 86.3. The number of carbonyl (C=O) groups is 6. The van der Waals surface area contributed by atoms with Crippen molar-refractivity contribution in [1.29, 1.82) is 0 Å². The maximum atomic E-state index is 14.0. The van der Waals surface area contributed by atoms with Gasteiger partial charge in [-0.15, -0.1) is 0 Å². The van der Waals surface area contributed by atoms with Gasteiger partial charge in [0.1, 0.15) is 18.1 Å². The number of ether oxygens (including phenoxy) is 1. The van der Waals surface area contributed by atoms with Crippen molar-refractivity contribution in [3.05, 3.63) is 0 Å². The molecule has 49 heavy (non-hydrogen) atoms. The van der Waals surface area contributed by atoms with Gasteiger partial charge < -0.3 is 41.5 Å². The minimum absolute atomic E-state index is 0.0432. The maximum Gasteiger partial charge on any atom is 0.411 e. The van der Waals surface area contributed by atoms with E-state index in [1.54, 1.807) is 33.0 Å². The molecular weight excluding hydrogens is 676 g/mol. The van der Waals surface area contributed by atoms with E-state index in [1.807, 2.05) is 5.32 Å². The molecule has 0 aromatic carbocycles. The van der Waals surface area contributed by atoms with Crippen LogP contribution in [0.5, 0.6) is 0 Å². The first kappa shape index (κ1) is 45.3. The molecule has 5 amide bonds. The molecule has 7 unspecified atom stereocenters. The number of carbonyl (C=O) groups excluding carboxylic acids is 6. The molecule has 7 atom stereocenters. The van der Waals surface area contributed by atoms with Gasteiger partial charge in [-0.1, -0.05) is 41.5 Å². The fourth-order valence-electron chi connectivity index (χ4n) is 4.28. The standard InChI is InChI=1S/C29H47F6N5O9/c1-12(2)9-18(43)37-21(13(3)4)26(47)38-22(14(5)6)27(48)40-23(28(30,31)32)16(41)10-19(44)36-15(7)25(46)39-24(29(33,34)35)17(42)11-20(45)49-8/h12-17,21-24,41-42H,9-11H2,1-8H3,(H,36,44)(H,37,43)(H,38,47)(H,39,46)(H,40,48). The Kier molecular flexibility index (Phi) is 18.0. The molecule has 0 saturated heterocycles. The number of halogens is 6. The van der Waals surface area contributed by atoms with Crippen molar-refractivity contribution < 1.29 is 70.1 Å². The average Bonchev–Trinajstić information content (AvgIpc) is 2.93. The fourth-order valence-corrected chi connectivity index (χ4v) is 4.28. The zero-order valence-corrected chi connectivity index (χ0v) is 28.4. The highest BCUT2D eigenvalue weighted by Crippen LogP contribution is 2.26. The fraction of sp³-hybridized carbons (Fsp3) is 0.793. The van der Waals surface area contributed by atoms with Crippen LogP contribution in [-0.4, -0.2) is 108 Å². The molecule has 0 heterocycles. The summed E-state index contributed by atoms with van der Waals surface area (Å²) in [7, 11) is 0.845. The van der Waals surface area contributed by atoms with E-state index in [1.165, 1.54) is 19.2 Å². The van der Waals surface area contributed by atoms with Crippen LogP contribution in [0.3, 0.4) is 0 Å². The van der Waals surface area contributed by atoms with E-state index in [0.29, 0.717) is 0 Å². The van der Waals surface area contributed by atoms with E-state index in [4.69, 9.17) is 0 Å². The molecule has 0 aromatic heterocycles. The number of aliphatic hydroxyl groups excluding tert-OH is 2. The molecule has 0 saturated carbocycles. The lowest BCUT2D eigenvalue weighted by molar-refractivity contribution is -0.184. The molecular formula is C29H47F6N5O9. The number of aliphatic hydroxyl groups is 2. The van der Waals surface area contributed by atoms with E-state index in [2.05, 4.69) is 15.4 Å². The molecule has 284 valence electrons. The second-order valence-electron chi connectivity index (χ2n) is 12.6. The smallest absolute Gasteiger partial charge is 0.411 e. The third-order valence-electron chi connectivity index (χ3n) is 6.95. The van der Waals surface area contributed by atoms with Gasteiger partial charge in [-0.2, -0.15) is 26.3 Å². The SMILES string of the molecule is COC(=O)CC(O)C(NC(=O)C(C)NC(=O)CC(O)C(NC(=O)C(NC(=O)C(NC(=O)CC(C)C)C(C)C)C(C)C)C(F)(F)F)C(F)(F)F. The average molecular weight is 724 g/mol. The molecule has 0 bridgehead atoms. The normalized spacial score (nSPS) is 16.5. The van der Waals surface area contributed by atoms with Gasteiger partial charge in [0, 0.05) is 6.42 Å². The molecule has 20 heteroatoms. The molecule has 0 radical (unpaired) electrons. The highest BCUT2D eigenvalue weighted by Gasteiger charge is 2.48. The molecule has 0 aliphatic rings. The zero-order chi connectivity index (χ0) is 38.6. The molecule has 14 nitrogen and oxygen atoms in total. The van der Waals surface area contributed by atoms with E-state index in [9.17, 15) is 65.3 Å². The number of hydrogen-bond donors (Lipinski definition) is 7. The largest absolute Gasteiger partial charge is 0.469 e. The van der Waals surface area contributed by atoms with Crippen molar-refractivity contribution in [3.8, 4) is 0 Å². The Labute approximate surface area is 279 Å². The maximum absolute atomic E-state index is 14.0. The topological polar surface area (TPSA) is 212 Å². The van der Waals surface area contributed by atoms with Crippen LogP contribution in [0.25, 0.3) is 0 Å². The molecule has 0 spiro atoms. The Balaban J connectivity index is 5.71. The molecule has 0 fully saturated rings. The summed E-state index contributed by atoms with van der Waals surface area (Å²) >= 11 is 0. The van der Waals surface area contributed by atoms with Crippen LogP contribution in [0.2, 0.25) is 0 Å². The summed E-state index contributed by atoms with van der Waals surface area (Å²) in [6, 6.07) is -10.7. The predicted octanol–water partition coefficient (Wildman–Crippen LogP) is 0.588. The quantitative estimate of drug-likeness (QED) is 0.0778. The number of hydrogen-bond acceptors (Lipinski definition) is 9. The van der Waals surface area contributed by atoms with Crippen LogP contribution >= 0.6 is 0 Å². The molecule has 0 aromatic rings. The molecule has 0 aliphatic heterocycles. The second-order valence-corrected chi connectivity index (χ2v) is 12.6. The predicted molar refractivity (Wildman–Crippen MR) is 160 cm³/mol. The van der Waals surface area contributed by atoms with Crippen LogP contribution in [0.15, 0.2) is 0 Å². The zero-order valence-electron chi connectivity index (χ0n) is 28.4. The van der Waals surface area contributed by atoms with Gasteiger partial charge in [0.15, 0.2) is 12.1 Å². The van der Waals surface area contributed by atoms with Crippen molar-refractivity contribution in [2.45, 2.75) is 122 Å². The summed E-state index contributed by atoms with van der Waals surface area (Å²) in [5, 5.41) is 29.7. The summed E-state index contributed by atoms with van der Waals surface area (Å²) in [6.45, 7) is 10.4. The van der Waals surface area contributed by atoms with Gasteiger partial charge in [0.2, 0.25) is 29.5 Å². The van der Waals surface area contributed by atoms with Crippen molar-refractivity contribution >= 4 is 35.5 Å². The van der Waals surface area contributed by atoms with E-state index in [-0.39, 0.29) is 12.3 Å². The van der Waals surface area contributed by atoms with Crippen LogP contribution in [-0.2, 0) is 33.5 Å². The Bertz CT molecular complexity index is 1150. The molecule has 0 aliphatic carbocycles. The van der Waals surface area contributed by atoms with Crippen LogP contribution < -0.4 is 26.6 Å². The number of alkyl halides is 6. The van der Waals surface area contributed by atoms with Gasteiger partial charge in [-0.25, -0.2) is 0 Å². The van der Waals surface area contributed by atoms with E-state index >= 15 is 0 Å². The molecule has 0 rings (SSSR count). The highest BCUT2D eigenvalue weighted by molar-refractivity contribution is 5.92. The lowest BCUT2D eigenvalue weighted by Crippen LogP contribution is -2.61. The lowest BCUT2D eigenvalue weighted by Gasteiger charge is -2.31. The first-order chi connectivity index (χ1) is 22.2. The summed E-state index contributed by atoms with van der Waals surface area (Å²) in [6.07, 6.45) is -18.3. The number of amides is 5. The van der Waals surface area contributed by atoms with Gasteiger partial charge in [-0.3, -0.25) is 28.8 Å². The Hall–Kier alpha value is -3.68. The minimum atomic E-state index is -5.36. The highest BCUT2D eigenvalue weighted by atomic mass is 19.4. The van der Waals surface area contributed by atoms with Gasteiger partial charge in [0.05, 0.1) is 32.2 Å². The third kappa shape index (κ3) is 16.1. The monoisotopic (exact) mass is 723 g/mol. The van der Waals surface area contributed by atoms with Gasteiger partial charge in [0.25, 0.3) is 0 Å². The van der Waals surface area contributed by atoms with Gasteiger partial charge in [-0.05, 0) is 24.7 Å². The van der Waals surface area contributed by atoms with E-state index in [0.717, 1.165) is 14.0 Å². The second kappa shape index (κ2) is 19.5. The first-order valence-corrected chi connectivity index (χ1v) is 15.3. The Morgan fingerprint density at radius 3 is 1.37 bits per heavy atom. The summed E-state index contributed by atoms with van der Waals surface area (Å²) in [5.41, 5.74) is 0. The van der Waals surface area contributed by atoms with Crippen molar-refractivity contribution in [1.82, 2.24) is 26.6 Å². The lowest BCUT2D eigenvalue weighted by atomic mass is 9.98. The van der Waals surface area contributed by atoms with Crippen LogP contribution in [0, 0.1) is 17.8 Å². The van der Waals surface area contributed by atoms with E-state index < -0.39 is 115 Å². The Morgan fingerprint density at radius 1 is 0.571 bits per heavy atom.